The first-order chi connectivity index (χ1) is 7.84. The standard InChI is InChI=1S/C11H21N3O2/c15-11(14-9-1-2-9)13-7-8-16-10-3-5-12-6-4-10/h9-10,12H,1-8H2,(H2,13,14,15). The van der Waals surface area contributed by atoms with Crippen LogP contribution in [0.4, 0.5) is 4.79 Å². The predicted molar refractivity (Wildman–Crippen MR) is 61.4 cm³/mol. The summed E-state index contributed by atoms with van der Waals surface area (Å²) in [6.07, 6.45) is 4.77. The van der Waals surface area contributed by atoms with E-state index in [4.69, 9.17) is 4.74 Å². The number of carbonyl (C=O) groups excluding carboxylic acids is 1. The van der Waals surface area contributed by atoms with Crippen LogP contribution in [-0.4, -0.2) is 44.4 Å². The quantitative estimate of drug-likeness (QED) is 0.589. The van der Waals surface area contributed by atoms with Crippen molar-refractivity contribution in [2.45, 2.75) is 37.8 Å². The Hall–Kier alpha value is -0.810. The molecule has 0 aromatic heterocycles. The smallest absolute Gasteiger partial charge is 0.315 e. The van der Waals surface area contributed by atoms with Crippen LogP contribution in [-0.2, 0) is 4.74 Å². The number of amides is 2. The molecule has 3 N–H and O–H groups in total. The average Bonchev–Trinajstić information content (AvgIpc) is 3.10. The van der Waals surface area contributed by atoms with E-state index in [-0.39, 0.29) is 6.03 Å². The minimum Gasteiger partial charge on any atom is -0.376 e. The van der Waals surface area contributed by atoms with E-state index in [0.29, 0.717) is 25.3 Å². The van der Waals surface area contributed by atoms with Crippen molar-refractivity contribution in [1.82, 2.24) is 16.0 Å². The van der Waals surface area contributed by atoms with Crippen LogP contribution < -0.4 is 16.0 Å². The third kappa shape index (κ3) is 4.37. The van der Waals surface area contributed by atoms with E-state index in [2.05, 4.69) is 16.0 Å². The normalized spacial score (nSPS) is 21.8. The molecule has 1 heterocycles. The molecule has 1 saturated heterocycles. The van der Waals surface area contributed by atoms with Crippen LogP contribution in [0.2, 0.25) is 0 Å². The highest BCUT2D eigenvalue weighted by Gasteiger charge is 2.22. The highest BCUT2D eigenvalue weighted by atomic mass is 16.5. The van der Waals surface area contributed by atoms with Gasteiger partial charge in [-0.15, -0.1) is 0 Å². The van der Waals surface area contributed by atoms with Gasteiger partial charge in [0.25, 0.3) is 0 Å². The van der Waals surface area contributed by atoms with Gasteiger partial charge in [-0.05, 0) is 38.8 Å². The number of urea groups is 1. The molecule has 5 heteroatoms. The molecule has 0 aromatic carbocycles. The molecule has 16 heavy (non-hydrogen) atoms. The Labute approximate surface area is 96.3 Å². The Morgan fingerprint density at radius 3 is 2.69 bits per heavy atom. The zero-order valence-corrected chi connectivity index (χ0v) is 9.63. The number of hydrogen-bond donors (Lipinski definition) is 3. The van der Waals surface area contributed by atoms with Crippen molar-refractivity contribution in [1.29, 1.82) is 0 Å². The molecule has 1 saturated carbocycles. The first kappa shape index (κ1) is 11.7. The van der Waals surface area contributed by atoms with Crippen LogP contribution in [0.25, 0.3) is 0 Å². The van der Waals surface area contributed by atoms with Crippen molar-refractivity contribution in [3.8, 4) is 0 Å². The first-order valence-electron chi connectivity index (χ1n) is 6.21. The maximum absolute atomic E-state index is 11.3. The molecule has 0 aromatic rings. The summed E-state index contributed by atoms with van der Waals surface area (Å²) in [5.74, 6) is 0. The zero-order valence-electron chi connectivity index (χ0n) is 9.63. The highest BCUT2D eigenvalue weighted by molar-refractivity contribution is 5.74. The van der Waals surface area contributed by atoms with Crippen molar-refractivity contribution >= 4 is 6.03 Å². The van der Waals surface area contributed by atoms with Crippen LogP contribution in [0.15, 0.2) is 0 Å². The molecule has 2 aliphatic rings. The molecule has 0 radical (unpaired) electrons. The van der Waals surface area contributed by atoms with Crippen LogP contribution in [0.5, 0.6) is 0 Å². The molecule has 2 fully saturated rings. The Morgan fingerprint density at radius 2 is 2.00 bits per heavy atom. The number of hydrogen-bond acceptors (Lipinski definition) is 3. The fraction of sp³-hybridized carbons (Fsp3) is 0.909. The van der Waals surface area contributed by atoms with Gasteiger partial charge in [-0.25, -0.2) is 4.79 Å². The molecule has 2 amide bonds. The molecule has 0 bridgehead atoms. The molecule has 1 aliphatic heterocycles. The van der Waals surface area contributed by atoms with Gasteiger partial charge in [-0.1, -0.05) is 0 Å². The van der Waals surface area contributed by atoms with E-state index in [1.54, 1.807) is 0 Å². The molecule has 1 aliphatic carbocycles. The number of ether oxygens (including phenoxy) is 1. The first-order valence-corrected chi connectivity index (χ1v) is 6.21. The lowest BCUT2D eigenvalue weighted by Gasteiger charge is -2.22. The van der Waals surface area contributed by atoms with Gasteiger partial charge in [0.2, 0.25) is 0 Å². The van der Waals surface area contributed by atoms with Gasteiger partial charge in [0.1, 0.15) is 0 Å². The van der Waals surface area contributed by atoms with Crippen molar-refractivity contribution in [2.75, 3.05) is 26.2 Å². The number of rotatable bonds is 5. The Morgan fingerprint density at radius 1 is 1.25 bits per heavy atom. The lowest BCUT2D eigenvalue weighted by Crippen LogP contribution is -2.39. The second-order valence-corrected chi connectivity index (χ2v) is 4.49. The summed E-state index contributed by atoms with van der Waals surface area (Å²) in [5, 5.41) is 8.97. The summed E-state index contributed by atoms with van der Waals surface area (Å²) < 4.78 is 5.67. The maximum Gasteiger partial charge on any atom is 0.315 e. The fourth-order valence-corrected chi connectivity index (χ4v) is 1.82. The lowest BCUT2D eigenvalue weighted by molar-refractivity contribution is 0.0357. The SMILES string of the molecule is O=C(NCCOC1CCNCC1)NC1CC1. The molecule has 5 nitrogen and oxygen atoms in total. The fourth-order valence-electron chi connectivity index (χ4n) is 1.82. The summed E-state index contributed by atoms with van der Waals surface area (Å²) in [6.45, 7) is 3.30. The molecular weight excluding hydrogens is 206 g/mol. The van der Waals surface area contributed by atoms with E-state index < -0.39 is 0 Å². The molecule has 0 spiro atoms. The summed E-state index contributed by atoms with van der Waals surface area (Å²) in [4.78, 5) is 11.3. The topological polar surface area (TPSA) is 62.4 Å². The van der Waals surface area contributed by atoms with Gasteiger partial charge >= 0.3 is 6.03 Å². The van der Waals surface area contributed by atoms with Gasteiger partial charge in [0, 0.05) is 12.6 Å². The molecule has 0 atom stereocenters. The third-order valence-corrected chi connectivity index (χ3v) is 2.94. The highest BCUT2D eigenvalue weighted by Crippen LogP contribution is 2.18. The second kappa shape index (κ2) is 6.06. The van der Waals surface area contributed by atoms with Gasteiger partial charge in [0.05, 0.1) is 12.7 Å². The van der Waals surface area contributed by atoms with Gasteiger partial charge in [-0.3, -0.25) is 0 Å². The van der Waals surface area contributed by atoms with E-state index in [0.717, 1.165) is 38.8 Å². The van der Waals surface area contributed by atoms with E-state index in [1.165, 1.54) is 0 Å². The molecule has 2 rings (SSSR count). The summed E-state index contributed by atoms with van der Waals surface area (Å²) in [5.41, 5.74) is 0. The average molecular weight is 227 g/mol. The van der Waals surface area contributed by atoms with E-state index in [1.807, 2.05) is 0 Å². The molecular formula is C11H21N3O2. The van der Waals surface area contributed by atoms with Crippen molar-refractivity contribution in [2.24, 2.45) is 0 Å². The van der Waals surface area contributed by atoms with Crippen molar-refractivity contribution in [3.63, 3.8) is 0 Å². The largest absolute Gasteiger partial charge is 0.376 e. The van der Waals surface area contributed by atoms with Crippen LogP contribution in [0.3, 0.4) is 0 Å². The second-order valence-electron chi connectivity index (χ2n) is 4.49. The zero-order chi connectivity index (χ0) is 11.2. The van der Waals surface area contributed by atoms with Gasteiger partial charge in [0.15, 0.2) is 0 Å². The molecule has 92 valence electrons. The Bertz CT molecular complexity index is 225. The maximum atomic E-state index is 11.3. The lowest BCUT2D eigenvalue weighted by atomic mass is 10.1. The monoisotopic (exact) mass is 227 g/mol. The van der Waals surface area contributed by atoms with E-state index >= 15 is 0 Å². The summed E-state index contributed by atoms with van der Waals surface area (Å²) in [6, 6.07) is 0.363. The summed E-state index contributed by atoms with van der Waals surface area (Å²) >= 11 is 0. The molecule has 0 unspecified atom stereocenters. The Balaban J connectivity index is 1.45. The number of nitrogens with one attached hydrogen (secondary N) is 3. The van der Waals surface area contributed by atoms with Crippen LogP contribution in [0.1, 0.15) is 25.7 Å². The van der Waals surface area contributed by atoms with E-state index in [9.17, 15) is 4.79 Å². The number of piperidine rings is 1. The minimum atomic E-state index is -0.0589. The third-order valence-electron chi connectivity index (χ3n) is 2.94. The van der Waals surface area contributed by atoms with Gasteiger partial charge in [-0.2, -0.15) is 0 Å². The van der Waals surface area contributed by atoms with Crippen LogP contribution in [0, 0.1) is 0 Å². The Kier molecular flexibility index (Phi) is 4.42. The van der Waals surface area contributed by atoms with Crippen LogP contribution >= 0.6 is 0 Å². The van der Waals surface area contributed by atoms with Crippen molar-refractivity contribution in [3.05, 3.63) is 0 Å². The van der Waals surface area contributed by atoms with Crippen molar-refractivity contribution < 1.29 is 9.53 Å². The minimum absolute atomic E-state index is 0.0589. The number of carbonyl (C=O) groups is 1. The summed E-state index contributed by atoms with van der Waals surface area (Å²) in [7, 11) is 0. The van der Waals surface area contributed by atoms with Gasteiger partial charge < -0.3 is 20.7 Å². The predicted octanol–water partition coefficient (Wildman–Crippen LogP) is 0.217.